The lowest BCUT2D eigenvalue weighted by molar-refractivity contribution is -0.141. The molecule has 2 rings (SSSR count). The van der Waals surface area contributed by atoms with Crippen LogP contribution in [0, 0.1) is 6.92 Å². The molecule has 2 aromatic rings. The first-order chi connectivity index (χ1) is 7.82. The Morgan fingerprint density at radius 3 is 2.65 bits per heavy atom. The third-order valence-electron chi connectivity index (χ3n) is 2.30. The molecular formula is C10H6BrF3N2O. The van der Waals surface area contributed by atoms with Gasteiger partial charge in [0.1, 0.15) is 0 Å². The van der Waals surface area contributed by atoms with E-state index in [0.717, 1.165) is 11.3 Å². The normalized spacial score (nSPS) is 12.1. The second kappa shape index (κ2) is 3.83. The van der Waals surface area contributed by atoms with Gasteiger partial charge in [-0.1, -0.05) is 0 Å². The summed E-state index contributed by atoms with van der Waals surface area (Å²) in [6.07, 6.45) is -3.25. The summed E-state index contributed by atoms with van der Waals surface area (Å²) in [6, 6.07) is 3.07. The highest BCUT2D eigenvalue weighted by atomic mass is 79.9. The van der Waals surface area contributed by atoms with Crippen molar-refractivity contribution in [3.05, 3.63) is 44.4 Å². The molecule has 0 aliphatic rings. The Balaban J connectivity index is 2.96. The molecule has 2 aromatic heterocycles. The van der Waals surface area contributed by atoms with Gasteiger partial charge in [-0.15, -0.1) is 0 Å². The van der Waals surface area contributed by atoms with Crippen LogP contribution in [-0.2, 0) is 6.18 Å². The molecule has 0 aromatic carbocycles. The molecule has 0 radical (unpaired) electrons. The zero-order chi connectivity index (χ0) is 12.8. The minimum atomic E-state index is -4.63. The van der Waals surface area contributed by atoms with E-state index >= 15 is 0 Å². The zero-order valence-corrected chi connectivity index (χ0v) is 10.1. The second-order valence-electron chi connectivity index (χ2n) is 3.44. The minimum Gasteiger partial charge on any atom is -0.269 e. The van der Waals surface area contributed by atoms with E-state index in [4.69, 9.17) is 0 Å². The van der Waals surface area contributed by atoms with Gasteiger partial charge in [-0.3, -0.25) is 9.20 Å². The maximum Gasteiger partial charge on any atom is 0.433 e. The quantitative estimate of drug-likeness (QED) is 0.750. The van der Waals surface area contributed by atoms with Gasteiger partial charge in [0.05, 0.1) is 4.47 Å². The number of aromatic nitrogens is 2. The molecule has 0 amide bonds. The number of hydrogen-bond donors (Lipinski definition) is 0. The lowest BCUT2D eigenvalue weighted by Crippen LogP contribution is -2.24. The Hall–Kier alpha value is -1.37. The molecule has 90 valence electrons. The monoisotopic (exact) mass is 306 g/mol. The van der Waals surface area contributed by atoms with Gasteiger partial charge in [-0.05, 0) is 35.0 Å². The van der Waals surface area contributed by atoms with Gasteiger partial charge in [0.25, 0.3) is 5.56 Å². The Labute approximate surface area is 102 Å². The number of nitrogens with zero attached hydrogens (tertiary/aromatic N) is 2. The summed E-state index contributed by atoms with van der Waals surface area (Å²) in [4.78, 5) is 15.2. The summed E-state index contributed by atoms with van der Waals surface area (Å²) in [6.45, 7) is 1.12. The van der Waals surface area contributed by atoms with Crippen LogP contribution in [0.25, 0.3) is 5.65 Å². The minimum absolute atomic E-state index is 0.0459. The number of hydrogen-bond acceptors (Lipinski definition) is 2. The highest BCUT2D eigenvalue weighted by molar-refractivity contribution is 9.10. The topological polar surface area (TPSA) is 34.4 Å². The molecule has 0 bridgehead atoms. The predicted octanol–water partition coefficient (Wildman–Crippen LogP) is 2.78. The van der Waals surface area contributed by atoms with Gasteiger partial charge < -0.3 is 0 Å². The van der Waals surface area contributed by atoms with Crippen LogP contribution in [-0.4, -0.2) is 9.38 Å². The molecule has 0 spiro atoms. The first kappa shape index (κ1) is 12.1. The third kappa shape index (κ3) is 1.95. The molecule has 0 unspecified atom stereocenters. The first-order valence-corrected chi connectivity index (χ1v) is 5.36. The number of halogens is 4. The summed E-state index contributed by atoms with van der Waals surface area (Å²) < 4.78 is 39.4. The van der Waals surface area contributed by atoms with Crippen LogP contribution in [0.3, 0.4) is 0 Å². The summed E-state index contributed by atoms with van der Waals surface area (Å²) in [5, 5.41) is 0. The fourth-order valence-electron chi connectivity index (χ4n) is 1.49. The van der Waals surface area contributed by atoms with E-state index in [0.29, 0.717) is 4.47 Å². The molecule has 17 heavy (non-hydrogen) atoms. The third-order valence-corrected chi connectivity index (χ3v) is 2.92. The van der Waals surface area contributed by atoms with E-state index in [-0.39, 0.29) is 5.65 Å². The van der Waals surface area contributed by atoms with Crippen LogP contribution in [0.4, 0.5) is 13.2 Å². The van der Waals surface area contributed by atoms with Crippen LogP contribution in [0.15, 0.2) is 27.6 Å². The van der Waals surface area contributed by atoms with Crippen LogP contribution in [0.2, 0.25) is 0 Å². The van der Waals surface area contributed by atoms with E-state index in [1.54, 1.807) is 6.07 Å². The SMILES string of the molecule is Cc1c(C(F)(F)F)nc2c(Br)cccn2c1=O. The molecule has 3 nitrogen and oxygen atoms in total. The lowest BCUT2D eigenvalue weighted by atomic mass is 10.2. The van der Waals surface area contributed by atoms with Crippen molar-refractivity contribution in [1.29, 1.82) is 0 Å². The van der Waals surface area contributed by atoms with E-state index < -0.39 is 23.0 Å². The highest BCUT2D eigenvalue weighted by Crippen LogP contribution is 2.29. The summed E-state index contributed by atoms with van der Waals surface area (Å²) in [5.41, 5.74) is -2.32. The van der Waals surface area contributed by atoms with Crippen molar-refractivity contribution in [2.45, 2.75) is 13.1 Å². The standard InChI is InChI=1S/C10H6BrF3N2O/c1-5-7(10(12,13)14)15-8-6(11)3-2-4-16(8)9(5)17/h2-4H,1H3. The molecular weight excluding hydrogens is 301 g/mol. The van der Waals surface area contributed by atoms with Gasteiger partial charge in [0.15, 0.2) is 11.3 Å². The smallest absolute Gasteiger partial charge is 0.269 e. The first-order valence-electron chi connectivity index (χ1n) is 4.57. The van der Waals surface area contributed by atoms with Gasteiger partial charge in [-0.2, -0.15) is 13.2 Å². The van der Waals surface area contributed by atoms with Crippen LogP contribution >= 0.6 is 15.9 Å². The van der Waals surface area contributed by atoms with E-state index in [9.17, 15) is 18.0 Å². The Morgan fingerprint density at radius 2 is 2.06 bits per heavy atom. The highest BCUT2D eigenvalue weighted by Gasteiger charge is 2.36. The molecule has 0 fully saturated rings. The second-order valence-corrected chi connectivity index (χ2v) is 4.29. The zero-order valence-electron chi connectivity index (χ0n) is 8.55. The number of alkyl halides is 3. The number of fused-ring (bicyclic) bond motifs is 1. The predicted molar refractivity (Wildman–Crippen MR) is 58.9 cm³/mol. The molecule has 0 N–H and O–H groups in total. The molecule has 0 saturated carbocycles. The number of pyridine rings is 1. The maximum atomic E-state index is 12.7. The van der Waals surface area contributed by atoms with Crippen molar-refractivity contribution in [2.24, 2.45) is 0 Å². The number of rotatable bonds is 0. The van der Waals surface area contributed by atoms with Gasteiger partial charge >= 0.3 is 6.18 Å². The van der Waals surface area contributed by atoms with Crippen LogP contribution in [0.5, 0.6) is 0 Å². The van der Waals surface area contributed by atoms with E-state index in [2.05, 4.69) is 20.9 Å². The summed E-state index contributed by atoms with van der Waals surface area (Å²) in [7, 11) is 0. The molecule has 0 aliphatic carbocycles. The van der Waals surface area contributed by atoms with E-state index in [1.807, 2.05) is 0 Å². The molecule has 2 heterocycles. The molecule has 0 aliphatic heterocycles. The van der Waals surface area contributed by atoms with E-state index in [1.165, 1.54) is 12.3 Å². The largest absolute Gasteiger partial charge is 0.433 e. The fraction of sp³-hybridized carbons (Fsp3) is 0.200. The van der Waals surface area contributed by atoms with Gasteiger partial charge in [0.2, 0.25) is 0 Å². The average Bonchev–Trinajstić information content (AvgIpc) is 2.22. The fourth-order valence-corrected chi connectivity index (χ4v) is 1.92. The maximum absolute atomic E-state index is 12.7. The van der Waals surface area contributed by atoms with Crippen LogP contribution < -0.4 is 5.56 Å². The van der Waals surface area contributed by atoms with Gasteiger partial charge in [-0.25, -0.2) is 4.98 Å². The lowest BCUT2D eigenvalue weighted by Gasteiger charge is -2.11. The molecule has 0 atom stereocenters. The van der Waals surface area contributed by atoms with Crippen molar-refractivity contribution in [1.82, 2.24) is 9.38 Å². The van der Waals surface area contributed by atoms with Crippen molar-refractivity contribution < 1.29 is 13.2 Å². The van der Waals surface area contributed by atoms with Crippen molar-refractivity contribution >= 4 is 21.6 Å². The van der Waals surface area contributed by atoms with Gasteiger partial charge in [0, 0.05) is 11.8 Å². The Morgan fingerprint density at radius 1 is 1.41 bits per heavy atom. The average molecular weight is 307 g/mol. The summed E-state index contributed by atoms with van der Waals surface area (Å²) >= 11 is 3.07. The Kier molecular flexibility index (Phi) is 2.73. The van der Waals surface area contributed by atoms with Crippen LogP contribution in [0.1, 0.15) is 11.3 Å². The molecule has 7 heteroatoms. The summed E-state index contributed by atoms with van der Waals surface area (Å²) in [5.74, 6) is 0. The van der Waals surface area contributed by atoms with Crippen molar-refractivity contribution in [3.8, 4) is 0 Å². The van der Waals surface area contributed by atoms with Crippen molar-refractivity contribution in [3.63, 3.8) is 0 Å². The Bertz CT molecular complexity index is 648. The molecule has 0 saturated heterocycles. The van der Waals surface area contributed by atoms with Crippen molar-refractivity contribution in [2.75, 3.05) is 0 Å².